The molecule has 2 N–H and O–H groups in total. The van der Waals surface area contributed by atoms with E-state index in [0.29, 0.717) is 6.61 Å². The maximum absolute atomic E-state index is 10.2. The van der Waals surface area contributed by atoms with Gasteiger partial charge in [0.1, 0.15) is 18.1 Å². The number of hydrogen-bond donors (Lipinski definition) is 2. The maximum atomic E-state index is 10.2. The Morgan fingerprint density at radius 3 is 2.50 bits per heavy atom. The van der Waals surface area contributed by atoms with Gasteiger partial charge in [0.05, 0.1) is 12.0 Å². The van der Waals surface area contributed by atoms with Crippen LogP contribution in [0.3, 0.4) is 0 Å². The quantitative estimate of drug-likeness (QED) is 0.762. The summed E-state index contributed by atoms with van der Waals surface area (Å²) in [6.07, 6.45) is 0. The van der Waals surface area contributed by atoms with Crippen molar-refractivity contribution in [3.05, 3.63) is 71.8 Å². The third-order valence-corrected chi connectivity index (χ3v) is 4.53. The second-order valence-corrected chi connectivity index (χ2v) is 5.74. The molecule has 0 aliphatic carbocycles. The lowest BCUT2D eigenvalue weighted by atomic mass is 9.75. The van der Waals surface area contributed by atoms with Crippen LogP contribution in [-0.2, 0) is 5.41 Å². The molecule has 1 aliphatic heterocycles. The molecule has 3 heteroatoms. The summed E-state index contributed by atoms with van der Waals surface area (Å²) in [5, 5.41) is 22.0. The summed E-state index contributed by atoms with van der Waals surface area (Å²) in [7, 11) is 0. The van der Waals surface area contributed by atoms with Crippen molar-refractivity contribution in [2.24, 2.45) is 0 Å². The highest BCUT2D eigenvalue weighted by Gasteiger charge is 2.43. The van der Waals surface area contributed by atoms with Crippen LogP contribution in [0.4, 0.5) is 0 Å². The molecule has 0 spiro atoms. The molecule has 0 fully saturated rings. The topological polar surface area (TPSA) is 49.7 Å². The van der Waals surface area contributed by atoms with Crippen LogP contribution >= 0.6 is 0 Å². The van der Waals surface area contributed by atoms with Gasteiger partial charge in [-0.25, -0.2) is 0 Å². The van der Waals surface area contributed by atoms with Crippen LogP contribution in [0.2, 0.25) is 0 Å². The molecule has 0 radical (unpaired) electrons. The highest BCUT2D eigenvalue weighted by molar-refractivity contribution is 5.90. The minimum Gasteiger partial charge on any atom is -0.508 e. The van der Waals surface area contributed by atoms with Gasteiger partial charge in [-0.2, -0.15) is 0 Å². The van der Waals surface area contributed by atoms with Gasteiger partial charge in [0.25, 0.3) is 0 Å². The van der Waals surface area contributed by atoms with Crippen molar-refractivity contribution >= 4 is 10.8 Å². The first kappa shape index (κ1) is 13.2. The molecule has 3 nitrogen and oxygen atoms in total. The van der Waals surface area contributed by atoms with Crippen molar-refractivity contribution in [3.63, 3.8) is 0 Å². The lowest BCUT2D eigenvalue weighted by Crippen LogP contribution is -2.33. The van der Waals surface area contributed by atoms with Gasteiger partial charge in [-0.15, -0.1) is 0 Å². The first-order valence-electron chi connectivity index (χ1n) is 7.30. The van der Waals surface area contributed by atoms with E-state index < -0.39 is 5.41 Å². The first-order chi connectivity index (χ1) is 10.7. The summed E-state index contributed by atoms with van der Waals surface area (Å²) in [5.74, 6) is 1.04. The van der Waals surface area contributed by atoms with E-state index >= 15 is 0 Å². The van der Waals surface area contributed by atoms with Gasteiger partial charge in [-0.05, 0) is 34.5 Å². The fourth-order valence-electron chi connectivity index (χ4n) is 3.36. The zero-order chi connectivity index (χ0) is 15.2. The Bertz CT molecular complexity index is 839. The van der Waals surface area contributed by atoms with E-state index in [0.717, 1.165) is 27.6 Å². The molecule has 3 aromatic rings. The Hall–Kier alpha value is -2.52. The second-order valence-electron chi connectivity index (χ2n) is 5.74. The molecule has 1 atom stereocenters. The number of fused-ring (bicyclic) bond motifs is 3. The summed E-state index contributed by atoms with van der Waals surface area (Å²) >= 11 is 0. The van der Waals surface area contributed by atoms with E-state index in [1.165, 1.54) is 0 Å². The van der Waals surface area contributed by atoms with Crippen molar-refractivity contribution in [2.75, 3.05) is 13.2 Å². The number of phenolic OH excluding ortho intramolecular Hbond substituents is 1. The predicted octanol–water partition coefficient (Wildman–Crippen LogP) is 3.22. The molecule has 110 valence electrons. The molecule has 0 unspecified atom stereocenters. The number of hydrogen-bond acceptors (Lipinski definition) is 3. The number of aromatic hydroxyl groups is 1. The average Bonchev–Trinajstić information content (AvgIpc) is 2.96. The Morgan fingerprint density at radius 2 is 1.73 bits per heavy atom. The van der Waals surface area contributed by atoms with Crippen molar-refractivity contribution in [1.29, 1.82) is 0 Å². The fraction of sp³-hybridized carbons (Fsp3) is 0.158. The molecule has 22 heavy (non-hydrogen) atoms. The van der Waals surface area contributed by atoms with Gasteiger partial charge in [0.15, 0.2) is 0 Å². The van der Waals surface area contributed by atoms with Crippen LogP contribution in [0.5, 0.6) is 11.5 Å². The average molecular weight is 292 g/mol. The summed E-state index contributed by atoms with van der Waals surface area (Å²) in [6, 6.07) is 19.1. The molecular weight excluding hydrogens is 276 g/mol. The standard InChI is InChI=1S/C19H16O3/c20-11-19(14-6-8-15(21)9-7-14)12-22-17-10-5-13-3-1-2-4-16(13)18(17)19/h1-10,20-21H,11-12H2/t19-/m1/s1. The Morgan fingerprint density at radius 1 is 0.955 bits per heavy atom. The molecule has 0 saturated heterocycles. The predicted molar refractivity (Wildman–Crippen MR) is 85.4 cm³/mol. The molecule has 0 bridgehead atoms. The number of ether oxygens (including phenoxy) is 1. The minimum atomic E-state index is -0.593. The van der Waals surface area contributed by atoms with Crippen LogP contribution in [-0.4, -0.2) is 23.4 Å². The lowest BCUT2D eigenvalue weighted by molar-refractivity contribution is 0.185. The number of rotatable bonds is 2. The van der Waals surface area contributed by atoms with Gasteiger partial charge >= 0.3 is 0 Å². The van der Waals surface area contributed by atoms with Crippen LogP contribution < -0.4 is 4.74 Å². The summed E-state index contributed by atoms with van der Waals surface area (Å²) in [5.41, 5.74) is 1.38. The van der Waals surface area contributed by atoms with E-state index in [-0.39, 0.29) is 12.4 Å². The SMILES string of the molecule is OC[C@]1(c2ccc(O)cc2)COc2ccc3ccccc3c21. The third kappa shape index (κ3) is 1.72. The van der Waals surface area contributed by atoms with Crippen molar-refractivity contribution in [2.45, 2.75) is 5.41 Å². The zero-order valence-electron chi connectivity index (χ0n) is 12.0. The molecule has 1 aliphatic rings. The molecule has 4 rings (SSSR count). The number of aliphatic hydroxyl groups excluding tert-OH is 1. The summed E-state index contributed by atoms with van der Waals surface area (Å²) in [6.45, 7) is 0.358. The molecule has 0 amide bonds. The van der Waals surface area contributed by atoms with E-state index in [4.69, 9.17) is 4.74 Å². The van der Waals surface area contributed by atoms with Gasteiger partial charge in [0.2, 0.25) is 0 Å². The second kappa shape index (κ2) is 4.75. The summed E-state index contributed by atoms with van der Waals surface area (Å²) < 4.78 is 5.88. The van der Waals surface area contributed by atoms with Crippen molar-refractivity contribution in [1.82, 2.24) is 0 Å². The molecule has 3 aromatic carbocycles. The maximum Gasteiger partial charge on any atom is 0.124 e. The Kier molecular flexibility index (Phi) is 2.84. The highest BCUT2D eigenvalue weighted by atomic mass is 16.5. The molecule has 0 saturated carbocycles. The lowest BCUT2D eigenvalue weighted by Gasteiger charge is -2.27. The molecule has 0 aromatic heterocycles. The van der Waals surface area contributed by atoms with E-state index in [1.54, 1.807) is 12.1 Å². The minimum absolute atomic E-state index is 0.0429. The van der Waals surface area contributed by atoms with Gasteiger partial charge < -0.3 is 14.9 Å². The number of benzene rings is 3. The van der Waals surface area contributed by atoms with Crippen LogP contribution in [0.1, 0.15) is 11.1 Å². The Labute approximate surface area is 128 Å². The first-order valence-corrected chi connectivity index (χ1v) is 7.30. The van der Waals surface area contributed by atoms with Gasteiger partial charge in [-0.3, -0.25) is 0 Å². The normalized spacial score (nSPS) is 19.9. The van der Waals surface area contributed by atoms with Gasteiger partial charge in [0, 0.05) is 5.56 Å². The van der Waals surface area contributed by atoms with Crippen molar-refractivity contribution in [3.8, 4) is 11.5 Å². The third-order valence-electron chi connectivity index (χ3n) is 4.53. The fourth-order valence-corrected chi connectivity index (χ4v) is 3.36. The van der Waals surface area contributed by atoms with Crippen LogP contribution in [0.25, 0.3) is 10.8 Å². The van der Waals surface area contributed by atoms with E-state index in [2.05, 4.69) is 12.1 Å². The van der Waals surface area contributed by atoms with Crippen LogP contribution in [0, 0.1) is 0 Å². The van der Waals surface area contributed by atoms with Gasteiger partial charge in [-0.1, -0.05) is 42.5 Å². The number of phenols is 1. The van der Waals surface area contributed by atoms with Crippen LogP contribution in [0.15, 0.2) is 60.7 Å². The molecular formula is C19H16O3. The van der Waals surface area contributed by atoms with E-state index in [1.807, 2.05) is 36.4 Å². The van der Waals surface area contributed by atoms with Crippen molar-refractivity contribution < 1.29 is 14.9 Å². The number of aliphatic hydroxyl groups is 1. The molecule has 1 heterocycles. The highest BCUT2D eigenvalue weighted by Crippen LogP contribution is 2.47. The monoisotopic (exact) mass is 292 g/mol. The smallest absolute Gasteiger partial charge is 0.124 e. The van der Waals surface area contributed by atoms with E-state index in [9.17, 15) is 10.2 Å². The zero-order valence-corrected chi connectivity index (χ0v) is 12.0. The largest absolute Gasteiger partial charge is 0.508 e. The summed E-state index contributed by atoms with van der Waals surface area (Å²) in [4.78, 5) is 0. The Balaban J connectivity index is 2.02.